The van der Waals surface area contributed by atoms with Gasteiger partial charge in [0.05, 0.1) is 0 Å². The van der Waals surface area contributed by atoms with Gasteiger partial charge in [-0.05, 0) is 70.9 Å². The predicted octanol–water partition coefficient (Wildman–Crippen LogP) is 2.36. The van der Waals surface area contributed by atoms with Crippen molar-refractivity contribution in [2.45, 2.75) is 39.2 Å². The molecule has 1 heterocycles. The van der Waals surface area contributed by atoms with Crippen LogP contribution >= 0.6 is 0 Å². The van der Waals surface area contributed by atoms with E-state index in [0.717, 1.165) is 25.3 Å². The molecular formula is C20H33N3O2. The Bertz CT molecular complexity index is 506. The van der Waals surface area contributed by atoms with Crippen LogP contribution in [0.15, 0.2) is 35.9 Å². The van der Waals surface area contributed by atoms with Gasteiger partial charge in [-0.2, -0.15) is 0 Å². The van der Waals surface area contributed by atoms with Crippen molar-refractivity contribution < 1.29 is 9.53 Å². The van der Waals surface area contributed by atoms with Gasteiger partial charge in [-0.25, -0.2) is 0 Å². The van der Waals surface area contributed by atoms with Crippen molar-refractivity contribution >= 4 is 6.41 Å². The fraction of sp³-hybridized carbons (Fsp3) is 0.550. The number of nitrogens with one attached hydrogen (secondary N) is 1. The molecule has 1 aromatic carbocycles. The van der Waals surface area contributed by atoms with Gasteiger partial charge >= 0.3 is 0 Å². The lowest BCUT2D eigenvalue weighted by Gasteiger charge is -2.31. The molecular weight excluding hydrogens is 314 g/mol. The molecule has 140 valence electrons. The molecule has 2 rings (SSSR count). The molecule has 1 aliphatic heterocycles. The Hall–Kier alpha value is -1.85. The molecule has 0 spiro atoms. The molecule has 25 heavy (non-hydrogen) atoms. The number of piperidine rings is 1. The number of hydrogen-bond acceptors (Lipinski definition) is 4. The third-order valence-corrected chi connectivity index (χ3v) is 4.57. The number of carbonyl (C=O) groups excluding carboxylic acids is 1. The standard InChI is InChI=1S/C19H30N2O.CH3NO/c1-4-16(2)15-17-5-7-19(8-6-17)22-14-13-21-11-9-18(20-3)10-12-21;2-1-3/h4-8,18,20H,9-15H2,1-3H3;1H,(H2,2,3)/b16-4+;. The van der Waals surface area contributed by atoms with Gasteiger partial charge in [0, 0.05) is 12.6 Å². The molecule has 0 saturated carbocycles. The first kappa shape index (κ1) is 21.2. The molecule has 1 aliphatic rings. The van der Waals surface area contributed by atoms with Crippen molar-refractivity contribution in [2.24, 2.45) is 5.73 Å². The third kappa shape index (κ3) is 8.70. The van der Waals surface area contributed by atoms with Crippen LogP contribution in [-0.2, 0) is 11.2 Å². The maximum absolute atomic E-state index is 8.58. The van der Waals surface area contributed by atoms with Gasteiger partial charge in [0.2, 0.25) is 6.41 Å². The highest BCUT2D eigenvalue weighted by Gasteiger charge is 2.17. The summed E-state index contributed by atoms with van der Waals surface area (Å²) in [5.74, 6) is 0.979. The number of ether oxygens (including phenoxy) is 1. The number of likely N-dealkylation sites (tertiary alicyclic amines) is 1. The monoisotopic (exact) mass is 347 g/mol. The zero-order valence-corrected chi connectivity index (χ0v) is 15.8. The van der Waals surface area contributed by atoms with E-state index in [1.54, 1.807) is 0 Å². The second-order valence-corrected chi connectivity index (χ2v) is 6.34. The van der Waals surface area contributed by atoms with Gasteiger partial charge in [-0.3, -0.25) is 9.69 Å². The Kier molecular flexibility index (Phi) is 10.6. The first-order valence-corrected chi connectivity index (χ1v) is 9.01. The number of nitrogens with zero attached hydrogens (tertiary/aromatic N) is 1. The first-order chi connectivity index (χ1) is 12.1. The van der Waals surface area contributed by atoms with E-state index in [0.29, 0.717) is 6.04 Å². The minimum Gasteiger partial charge on any atom is -0.492 e. The Morgan fingerprint density at radius 3 is 2.44 bits per heavy atom. The van der Waals surface area contributed by atoms with Crippen molar-refractivity contribution in [3.8, 4) is 5.75 Å². The molecule has 3 N–H and O–H groups in total. The van der Waals surface area contributed by atoms with Gasteiger partial charge in [0.1, 0.15) is 12.4 Å². The van der Waals surface area contributed by atoms with Crippen LogP contribution < -0.4 is 15.8 Å². The maximum atomic E-state index is 8.58. The van der Waals surface area contributed by atoms with Gasteiger partial charge in [0.15, 0.2) is 0 Å². The highest BCUT2D eigenvalue weighted by Crippen LogP contribution is 2.15. The second kappa shape index (κ2) is 12.5. The fourth-order valence-corrected chi connectivity index (χ4v) is 2.87. The van der Waals surface area contributed by atoms with Crippen molar-refractivity contribution in [1.82, 2.24) is 10.2 Å². The summed E-state index contributed by atoms with van der Waals surface area (Å²) in [4.78, 5) is 11.1. The number of amides is 1. The molecule has 1 aromatic rings. The van der Waals surface area contributed by atoms with E-state index < -0.39 is 0 Å². The summed E-state index contributed by atoms with van der Waals surface area (Å²) in [5, 5.41) is 3.37. The van der Waals surface area contributed by atoms with E-state index in [1.807, 2.05) is 0 Å². The summed E-state index contributed by atoms with van der Waals surface area (Å²) >= 11 is 0. The summed E-state index contributed by atoms with van der Waals surface area (Å²) in [5.41, 5.74) is 6.91. The summed E-state index contributed by atoms with van der Waals surface area (Å²) < 4.78 is 5.88. The van der Waals surface area contributed by atoms with Crippen LogP contribution in [0.5, 0.6) is 5.75 Å². The molecule has 0 bridgehead atoms. The maximum Gasteiger partial charge on any atom is 0.204 e. The zero-order chi connectivity index (χ0) is 18.5. The molecule has 0 unspecified atom stereocenters. The van der Waals surface area contributed by atoms with Crippen LogP contribution in [0.4, 0.5) is 0 Å². The third-order valence-electron chi connectivity index (χ3n) is 4.57. The number of hydrogen-bond donors (Lipinski definition) is 2. The zero-order valence-electron chi connectivity index (χ0n) is 15.8. The summed E-state index contributed by atoms with van der Waals surface area (Å²) in [6, 6.07) is 9.21. The smallest absolute Gasteiger partial charge is 0.204 e. The van der Waals surface area contributed by atoms with Crippen LogP contribution in [-0.4, -0.2) is 50.6 Å². The van der Waals surface area contributed by atoms with Gasteiger partial charge in [-0.1, -0.05) is 23.8 Å². The number of primary amides is 1. The lowest BCUT2D eigenvalue weighted by molar-refractivity contribution is -0.106. The average molecular weight is 348 g/mol. The molecule has 1 fully saturated rings. The van der Waals surface area contributed by atoms with Gasteiger partial charge < -0.3 is 15.8 Å². The van der Waals surface area contributed by atoms with E-state index >= 15 is 0 Å². The molecule has 1 amide bonds. The van der Waals surface area contributed by atoms with E-state index in [4.69, 9.17) is 9.53 Å². The largest absolute Gasteiger partial charge is 0.492 e. The number of nitrogens with two attached hydrogens (primary N) is 1. The van der Waals surface area contributed by atoms with Gasteiger partial charge in [-0.15, -0.1) is 0 Å². The highest BCUT2D eigenvalue weighted by atomic mass is 16.5. The van der Waals surface area contributed by atoms with Crippen LogP contribution in [0, 0.1) is 0 Å². The van der Waals surface area contributed by atoms with E-state index in [-0.39, 0.29) is 6.41 Å². The molecule has 0 atom stereocenters. The summed E-state index contributed by atoms with van der Waals surface area (Å²) in [7, 11) is 2.06. The topological polar surface area (TPSA) is 67.6 Å². The Labute approximate surface area is 152 Å². The van der Waals surface area contributed by atoms with Crippen molar-refractivity contribution in [2.75, 3.05) is 33.3 Å². The predicted molar refractivity (Wildman–Crippen MR) is 104 cm³/mol. The van der Waals surface area contributed by atoms with Crippen LogP contribution in [0.2, 0.25) is 0 Å². The number of benzene rings is 1. The SMILES string of the molecule is C/C=C(\C)Cc1ccc(OCCN2CCC(NC)CC2)cc1.NC=O. The minimum absolute atomic E-state index is 0.250. The molecule has 0 aromatic heterocycles. The van der Waals surface area contributed by atoms with Crippen molar-refractivity contribution in [3.05, 3.63) is 41.5 Å². The van der Waals surface area contributed by atoms with Gasteiger partial charge in [0.25, 0.3) is 0 Å². The van der Waals surface area contributed by atoms with Crippen LogP contribution in [0.1, 0.15) is 32.3 Å². The molecule has 0 radical (unpaired) electrons. The number of rotatable bonds is 7. The highest BCUT2D eigenvalue weighted by molar-refractivity contribution is 5.42. The molecule has 5 heteroatoms. The normalized spacial score (nSPS) is 16.0. The molecule has 5 nitrogen and oxygen atoms in total. The summed E-state index contributed by atoms with van der Waals surface area (Å²) in [6.45, 7) is 8.41. The number of allylic oxidation sites excluding steroid dienone is 2. The lowest BCUT2D eigenvalue weighted by atomic mass is 10.1. The van der Waals surface area contributed by atoms with Crippen LogP contribution in [0.25, 0.3) is 0 Å². The van der Waals surface area contributed by atoms with E-state index in [2.05, 4.69) is 67.2 Å². The van der Waals surface area contributed by atoms with Crippen molar-refractivity contribution in [1.29, 1.82) is 0 Å². The molecule has 0 aliphatic carbocycles. The lowest BCUT2D eigenvalue weighted by Crippen LogP contribution is -2.42. The quantitative estimate of drug-likeness (QED) is 0.587. The second-order valence-electron chi connectivity index (χ2n) is 6.34. The first-order valence-electron chi connectivity index (χ1n) is 9.01. The fourth-order valence-electron chi connectivity index (χ4n) is 2.87. The number of carbonyl (C=O) groups is 1. The van der Waals surface area contributed by atoms with Crippen LogP contribution in [0.3, 0.4) is 0 Å². The Morgan fingerprint density at radius 2 is 1.92 bits per heavy atom. The average Bonchev–Trinajstić information content (AvgIpc) is 2.64. The van der Waals surface area contributed by atoms with E-state index in [9.17, 15) is 0 Å². The van der Waals surface area contributed by atoms with Crippen molar-refractivity contribution in [3.63, 3.8) is 0 Å². The van der Waals surface area contributed by atoms with E-state index in [1.165, 1.54) is 37.1 Å². The minimum atomic E-state index is 0.250. The Morgan fingerprint density at radius 1 is 1.32 bits per heavy atom. The summed E-state index contributed by atoms with van der Waals surface area (Å²) in [6.07, 6.45) is 5.93. The molecule has 1 saturated heterocycles. The Balaban J connectivity index is 0.000000970.